The van der Waals surface area contributed by atoms with Crippen LogP contribution in [0.1, 0.15) is 11.3 Å². The fourth-order valence-corrected chi connectivity index (χ4v) is 4.27. The van der Waals surface area contributed by atoms with E-state index in [1.807, 2.05) is 23.6 Å². The first-order valence-corrected chi connectivity index (χ1v) is 9.54. The van der Waals surface area contributed by atoms with Gasteiger partial charge in [0.2, 0.25) is 0 Å². The standard InChI is InChI=1S/C18H15N3O2S2/c1-11-7-16(20-15-9-13(23-2)3-4-14(11)15)25-10-12-8-17(22)21-5-6-24-18(21)19-12/h3-9H,10H2,1-2H3. The lowest BCUT2D eigenvalue weighted by Gasteiger charge is -2.08. The van der Waals surface area contributed by atoms with E-state index in [2.05, 4.69) is 18.0 Å². The van der Waals surface area contributed by atoms with E-state index >= 15 is 0 Å². The summed E-state index contributed by atoms with van der Waals surface area (Å²) in [6, 6.07) is 9.56. The summed E-state index contributed by atoms with van der Waals surface area (Å²) < 4.78 is 6.84. The van der Waals surface area contributed by atoms with Crippen molar-refractivity contribution in [3.05, 3.63) is 63.5 Å². The van der Waals surface area contributed by atoms with E-state index in [0.29, 0.717) is 5.75 Å². The topological polar surface area (TPSA) is 56.5 Å². The molecule has 0 saturated heterocycles. The van der Waals surface area contributed by atoms with Crippen LogP contribution in [0.2, 0.25) is 0 Å². The number of benzene rings is 1. The van der Waals surface area contributed by atoms with Gasteiger partial charge < -0.3 is 4.74 Å². The Kier molecular flexibility index (Phi) is 4.19. The van der Waals surface area contributed by atoms with Crippen LogP contribution in [0, 0.1) is 6.92 Å². The van der Waals surface area contributed by atoms with Crippen molar-refractivity contribution in [2.45, 2.75) is 17.7 Å². The van der Waals surface area contributed by atoms with Crippen molar-refractivity contribution >= 4 is 39.0 Å². The Morgan fingerprint density at radius 2 is 2.12 bits per heavy atom. The molecule has 0 saturated carbocycles. The van der Waals surface area contributed by atoms with Gasteiger partial charge in [0.15, 0.2) is 4.96 Å². The fraction of sp³-hybridized carbons (Fsp3) is 0.167. The number of ether oxygens (including phenoxy) is 1. The number of fused-ring (bicyclic) bond motifs is 2. The summed E-state index contributed by atoms with van der Waals surface area (Å²) in [6.45, 7) is 2.07. The van der Waals surface area contributed by atoms with E-state index < -0.39 is 0 Å². The highest BCUT2D eigenvalue weighted by atomic mass is 32.2. The fourth-order valence-electron chi connectivity index (χ4n) is 2.66. The molecule has 25 heavy (non-hydrogen) atoms. The van der Waals surface area contributed by atoms with E-state index in [1.165, 1.54) is 11.3 Å². The second kappa shape index (κ2) is 6.50. The third kappa shape index (κ3) is 3.12. The Hall–Kier alpha value is -2.38. The summed E-state index contributed by atoms with van der Waals surface area (Å²) in [4.78, 5) is 22.0. The van der Waals surface area contributed by atoms with Gasteiger partial charge in [-0.3, -0.25) is 9.20 Å². The maximum absolute atomic E-state index is 12.1. The Labute approximate surface area is 152 Å². The second-order valence-corrected chi connectivity index (χ2v) is 7.46. The largest absolute Gasteiger partial charge is 0.497 e. The first kappa shape index (κ1) is 16.1. The molecule has 0 unspecified atom stereocenters. The maximum Gasteiger partial charge on any atom is 0.258 e. The highest BCUT2D eigenvalue weighted by Crippen LogP contribution is 2.28. The van der Waals surface area contributed by atoms with Crippen LogP contribution in [0.3, 0.4) is 0 Å². The summed E-state index contributed by atoms with van der Waals surface area (Å²) in [6.07, 6.45) is 1.74. The minimum atomic E-state index is -0.0470. The van der Waals surface area contributed by atoms with Crippen LogP contribution >= 0.6 is 23.1 Å². The smallest absolute Gasteiger partial charge is 0.258 e. The predicted octanol–water partition coefficient (Wildman–Crippen LogP) is 3.91. The quantitative estimate of drug-likeness (QED) is 0.511. The third-order valence-electron chi connectivity index (χ3n) is 3.92. The molecule has 0 fully saturated rings. The van der Waals surface area contributed by atoms with Gasteiger partial charge in [0, 0.05) is 34.8 Å². The van der Waals surface area contributed by atoms with Crippen molar-refractivity contribution in [1.82, 2.24) is 14.4 Å². The number of aromatic nitrogens is 3. The molecule has 0 spiro atoms. The van der Waals surface area contributed by atoms with Gasteiger partial charge in [0.25, 0.3) is 5.56 Å². The minimum absolute atomic E-state index is 0.0470. The molecule has 4 aromatic rings. The lowest BCUT2D eigenvalue weighted by Crippen LogP contribution is -2.12. The number of aryl methyl sites for hydroxylation is 1. The van der Waals surface area contributed by atoms with Gasteiger partial charge in [-0.15, -0.1) is 11.3 Å². The number of thiazole rings is 1. The Balaban J connectivity index is 1.64. The van der Waals surface area contributed by atoms with Gasteiger partial charge in [-0.25, -0.2) is 9.97 Å². The van der Waals surface area contributed by atoms with Crippen LogP contribution in [0.4, 0.5) is 0 Å². The van der Waals surface area contributed by atoms with Crippen molar-refractivity contribution in [3.8, 4) is 5.75 Å². The average Bonchev–Trinajstić information content (AvgIpc) is 3.08. The molecular formula is C18H15N3O2S2. The first-order chi connectivity index (χ1) is 12.1. The number of rotatable bonds is 4. The summed E-state index contributed by atoms with van der Waals surface area (Å²) in [7, 11) is 1.65. The molecule has 0 aliphatic carbocycles. The molecule has 0 N–H and O–H groups in total. The SMILES string of the molecule is COc1ccc2c(C)cc(SCc3cc(=O)n4ccsc4n3)nc2c1. The average molecular weight is 369 g/mol. The normalized spacial score (nSPS) is 11.3. The van der Waals surface area contributed by atoms with Crippen LogP contribution in [0.25, 0.3) is 15.9 Å². The highest BCUT2D eigenvalue weighted by molar-refractivity contribution is 7.98. The lowest BCUT2D eigenvalue weighted by molar-refractivity contribution is 0.415. The number of methoxy groups -OCH3 is 1. The zero-order valence-electron chi connectivity index (χ0n) is 13.7. The number of nitrogens with zero attached hydrogens (tertiary/aromatic N) is 3. The van der Waals surface area contributed by atoms with Crippen molar-refractivity contribution in [1.29, 1.82) is 0 Å². The predicted molar refractivity (Wildman–Crippen MR) is 102 cm³/mol. The number of pyridine rings is 1. The molecule has 3 heterocycles. The molecule has 7 heteroatoms. The van der Waals surface area contributed by atoms with Gasteiger partial charge in [0.1, 0.15) is 5.75 Å². The van der Waals surface area contributed by atoms with Crippen molar-refractivity contribution < 1.29 is 4.74 Å². The van der Waals surface area contributed by atoms with E-state index in [4.69, 9.17) is 9.72 Å². The molecule has 0 aliphatic heterocycles. The van der Waals surface area contributed by atoms with Crippen LogP contribution in [-0.2, 0) is 5.75 Å². The lowest BCUT2D eigenvalue weighted by atomic mass is 10.1. The Bertz CT molecular complexity index is 1130. The molecule has 126 valence electrons. The zero-order chi connectivity index (χ0) is 17.4. The third-order valence-corrected chi connectivity index (χ3v) is 5.63. The van der Waals surface area contributed by atoms with Gasteiger partial charge in [0.05, 0.1) is 23.3 Å². The molecular weight excluding hydrogens is 354 g/mol. The minimum Gasteiger partial charge on any atom is -0.497 e. The molecule has 4 rings (SSSR count). The molecule has 0 aliphatic rings. The van der Waals surface area contributed by atoms with Gasteiger partial charge in [-0.1, -0.05) is 11.8 Å². The summed E-state index contributed by atoms with van der Waals surface area (Å²) in [5.41, 5.74) is 2.79. The van der Waals surface area contributed by atoms with Crippen LogP contribution in [0.15, 0.2) is 51.7 Å². The summed E-state index contributed by atoms with van der Waals surface area (Å²) >= 11 is 3.04. The highest BCUT2D eigenvalue weighted by Gasteiger charge is 2.08. The van der Waals surface area contributed by atoms with Gasteiger partial charge in [-0.05, 0) is 30.7 Å². The molecule has 0 amide bonds. The molecule has 0 atom stereocenters. The van der Waals surface area contributed by atoms with Crippen molar-refractivity contribution in [2.75, 3.05) is 7.11 Å². The molecule has 5 nitrogen and oxygen atoms in total. The molecule has 0 radical (unpaired) electrons. The number of hydrogen-bond donors (Lipinski definition) is 0. The van der Waals surface area contributed by atoms with Crippen molar-refractivity contribution in [3.63, 3.8) is 0 Å². The van der Waals surface area contributed by atoms with Gasteiger partial charge in [-0.2, -0.15) is 0 Å². The van der Waals surface area contributed by atoms with Crippen LogP contribution in [-0.4, -0.2) is 21.5 Å². The Morgan fingerprint density at radius 3 is 2.96 bits per heavy atom. The molecule has 3 aromatic heterocycles. The van der Waals surface area contributed by atoms with Crippen LogP contribution in [0.5, 0.6) is 5.75 Å². The summed E-state index contributed by atoms with van der Waals surface area (Å²) in [5, 5.41) is 3.88. The monoisotopic (exact) mass is 369 g/mol. The van der Waals surface area contributed by atoms with E-state index in [9.17, 15) is 4.79 Å². The summed E-state index contributed by atoms with van der Waals surface area (Å²) in [5.74, 6) is 1.39. The van der Waals surface area contributed by atoms with E-state index in [1.54, 1.807) is 35.5 Å². The zero-order valence-corrected chi connectivity index (χ0v) is 15.4. The van der Waals surface area contributed by atoms with Crippen molar-refractivity contribution in [2.24, 2.45) is 0 Å². The molecule has 0 bridgehead atoms. The van der Waals surface area contributed by atoms with Crippen LogP contribution < -0.4 is 10.3 Å². The Morgan fingerprint density at radius 1 is 1.24 bits per heavy atom. The molecule has 1 aromatic carbocycles. The van der Waals surface area contributed by atoms with E-state index in [-0.39, 0.29) is 5.56 Å². The maximum atomic E-state index is 12.1. The first-order valence-electron chi connectivity index (χ1n) is 7.68. The number of thioether (sulfide) groups is 1. The van der Waals surface area contributed by atoms with E-state index in [0.717, 1.165) is 37.9 Å². The van der Waals surface area contributed by atoms with Gasteiger partial charge >= 0.3 is 0 Å². The second-order valence-electron chi connectivity index (χ2n) is 5.59. The number of hydrogen-bond acceptors (Lipinski definition) is 6.